The molecular weight excluding hydrogens is 284 g/mol. The van der Waals surface area contributed by atoms with E-state index in [1.165, 1.54) is 31.3 Å². The molecular formula is C21H30O2. The van der Waals surface area contributed by atoms with Gasteiger partial charge >= 0.3 is 0 Å². The normalized spacial score (nSPS) is 49.0. The zero-order valence-corrected chi connectivity index (χ0v) is 14.9. The predicted octanol–water partition coefficient (Wildman–Crippen LogP) is 4.72. The number of fused-ring (bicyclic) bond motifs is 5. The number of hydrogen-bond acceptors (Lipinski definition) is 2. The maximum atomic E-state index is 12.1. The summed E-state index contributed by atoms with van der Waals surface area (Å²) in [6.45, 7) is 6.65. The van der Waals surface area contributed by atoms with Crippen LogP contribution in [0.5, 0.6) is 0 Å². The summed E-state index contributed by atoms with van der Waals surface area (Å²) in [5.41, 5.74) is 1.95. The molecule has 0 bridgehead atoms. The van der Waals surface area contributed by atoms with E-state index >= 15 is 0 Å². The third-order valence-corrected chi connectivity index (χ3v) is 8.45. The first-order valence-electron chi connectivity index (χ1n) is 9.60. The Morgan fingerprint density at radius 2 is 1.83 bits per heavy atom. The molecule has 0 aromatic rings. The number of carbonyl (C=O) groups excluding carboxylic acids is 2. The Balaban J connectivity index is 1.67. The standard InChI is InChI=1S/C21H30O2/c1-13(22)17-6-7-18-16-5-4-14-12-15(23)8-10-20(14,2)19(16)9-11-21(17,18)3/h12,16-19H,4-11H2,1-3H3/t16?,17-,18?,19?,20?,21?/m1/s1. The van der Waals surface area contributed by atoms with E-state index in [4.69, 9.17) is 0 Å². The number of ketones is 2. The fourth-order valence-electron chi connectivity index (χ4n) is 7.23. The van der Waals surface area contributed by atoms with Gasteiger partial charge in [0.25, 0.3) is 0 Å². The summed E-state index contributed by atoms with van der Waals surface area (Å²) in [5, 5.41) is 0. The molecule has 0 aromatic carbocycles. The van der Waals surface area contributed by atoms with Crippen molar-refractivity contribution in [1.29, 1.82) is 0 Å². The van der Waals surface area contributed by atoms with Crippen LogP contribution in [0.2, 0.25) is 0 Å². The van der Waals surface area contributed by atoms with Gasteiger partial charge in [-0.2, -0.15) is 0 Å². The molecule has 0 aromatic heterocycles. The van der Waals surface area contributed by atoms with Gasteiger partial charge in [-0.25, -0.2) is 0 Å². The first-order valence-corrected chi connectivity index (χ1v) is 9.60. The van der Waals surface area contributed by atoms with Crippen LogP contribution in [0.4, 0.5) is 0 Å². The van der Waals surface area contributed by atoms with Crippen LogP contribution < -0.4 is 0 Å². The van der Waals surface area contributed by atoms with Crippen LogP contribution in [-0.4, -0.2) is 11.6 Å². The Morgan fingerprint density at radius 1 is 1.04 bits per heavy atom. The van der Waals surface area contributed by atoms with Gasteiger partial charge in [-0.15, -0.1) is 0 Å². The zero-order valence-electron chi connectivity index (χ0n) is 14.9. The molecule has 23 heavy (non-hydrogen) atoms. The van der Waals surface area contributed by atoms with E-state index in [-0.39, 0.29) is 10.8 Å². The number of allylic oxidation sites excluding steroid dienone is 1. The summed E-state index contributed by atoms with van der Waals surface area (Å²) in [6.07, 6.45) is 10.9. The van der Waals surface area contributed by atoms with Crippen LogP contribution in [0, 0.1) is 34.5 Å². The van der Waals surface area contributed by atoms with E-state index in [0.717, 1.165) is 43.4 Å². The molecule has 2 heteroatoms. The molecule has 0 amide bonds. The molecule has 4 rings (SSSR count). The van der Waals surface area contributed by atoms with Crippen molar-refractivity contribution in [3.8, 4) is 0 Å². The highest BCUT2D eigenvalue weighted by molar-refractivity contribution is 5.91. The van der Waals surface area contributed by atoms with Gasteiger partial charge in [0.15, 0.2) is 5.78 Å². The van der Waals surface area contributed by atoms with Crippen LogP contribution in [0.1, 0.15) is 72.1 Å². The van der Waals surface area contributed by atoms with E-state index in [0.29, 0.717) is 17.5 Å². The van der Waals surface area contributed by atoms with Crippen LogP contribution in [0.3, 0.4) is 0 Å². The third kappa shape index (κ3) is 2.06. The van der Waals surface area contributed by atoms with Crippen molar-refractivity contribution in [1.82, 2.24) is 0 Å². The molecule has 6 atom stereocenters. The lowest BCUT2D eigenvalue weighted by atomic mass is 9.47. The molecule has 126 valence electrons. The maximum Gasteiger partial charge on any atom is 0.155 e. The molecule has 4 aliphatic rings. The van der Waals surface area contributed by atoms with Crippen molar-refractivity contribution in [3.05, 3.63) is 11.6 Å². The summed E-state index contributed by atoms with van der Waals surface area (Å²) in [4.78, 5) is 24.0. The SMILES string of the molecule is CC(=O)[C@H]1CCC2C3CCC4=CC(=O)CCC4(C)C3CCC21C. The monoisotopic (exact) mass is 314 g/mol. The van der Waals surface area contributed by atoms with Gasteiger partial charge in [0.1, 0.15) is 5.78 Å². The van der Waals surface area contributed by atoms with Gasteiger partial charge < -0.3 is 0 Å². The molecule has 0 saturated heterocycles. The fourth-order valence-corrected chi connectivity index (χ4v) is 7.23. The second kappa shape index (κ2) is 5.04. The third-order valence-electron chi connectivity index (χ3n) is 8.45. The highest BCUT2D eigenvalue weighted by atomic mass is 16.1. The summed E-state index contributed by atoms with van der Waals surface area (Å²) >= 11 is 0. The lowest BCUT2D eigenvalue weighted by Crippen LogP contribution is -2.51. The van der Waals surface area contributed by atoms with E-state index in [1.54, 1.807) is 6.92 Å². The summed E-state index contributed by atoms with van der Waals surface area (Å²) in [7, 11) is 0. The van der Waals surface area contributed by atoms with Gasteiger partial charge in [0.2, 0.25) is 0 Å². The van der Waals surface area contributed by atoms with Gasteiger partial charge in [-0.3, -0.25) is 9.59 Å². The molecule has 0 aliphatic heterocycles. The van der Waals surface area contributed by atoms with E-state index in [2.05, 4.69) is 13.8 Å². The molecule has 0 heterocycles. The van der Waals surface area contributed by atoms with Crippen LogP contribution in [-0.2, 0) is 9.59 Å². The average Bonchev–Trinajstić information content (AvgIpc) is 2.85. The first-order chi connectivity index (χ1) is 10.9. The molecule has 3 fully saturated rings. The maximum absolute atomic E-state index is 12.1. The number of hydrogen-bond donors (Lipinski definition) is 0. The highest BCUT2D eigenvalue weighted by Crippen LogP contribution is 2.66. The Bertz CT molecular complexity index is 589. The van der Waals surface area contributed by atoms with Crippen LogP contribution in [0.25, 0.3) is 0 Å². The van der Waals surface area contributed by atoms with Crippen molar-refractivity contribution >= 4 is 11.6 Å². The van der Waals surface area contributed by atoms with Crippen molar-refractivity contribution in [2.75, 3.05) is 0 Å². The average molecular weight is 314 g/mol. The second-order valence-corrected chi connectivity index (χ2v) is 9.25. The second-order valence-electron chi connectivity index (χ2n) is 9.25. The first kappa shape index (κ1) is 15.6. The lowest BCUT2D eigenvalue weighted by molar-refractivity contribution is -0.128. The molecule has 4 aliphatic carbocycles. The molecule has 0 spiro atoms. The van der Waals surface area contributed by atoms with E-state index in [1.807, 2.05) is 6.08 Å². The Hall–Kier alpha value is -0.920. The van der Waals surface area contributed by atoms with E-state index in [9.17, 15) is 9.59 Å². The van der Waals surface area contributed by atoms with Crippen LogP contribution in [0.15, 0.2) is 11.6 Å². The number of rotatable bonds is 1. The molecule has 2 nitrogen and oxygen atoms in total. The quantitative estimate of drug-likeness (QED) is 0.701. The minimum absolute atomic E-state index is 0.245. The molecule has 5 unspecified atom stereocenters. The topological polar surface area (TPSA) is 34.1 Å². The largest absolute Gasteiger partial charge is 0.300 e. The Kier molecular flexibility index (Phi) is 3.42. The zero-order chi connectivity index (χ0) is 16.4. The van der Waals surface area contributed by atoms with Gasteiger partial charge in [0.05, 0.1) is 0 Å². The van der Waals surface area contributed by atoms with Gasteiger partial charge in [-0.05, 0) is 86.5 Å². The highest BCUT2D eigenvalue weighted by Gasteiger charge is 2.59. The Morgan fingerprint density at radius 3 is 2.57 bits per heavy atom. The predicted molar refractivity (Wildman–Crippen MR) is 90.9 cm³/mol. The summed E-state index contributed by atoms with van der Waals surface area (Å²) in [6, 6.07) is 0. The van der Waals surface area contributed by atoms with E-state index < -0.39 is 0 Å². The van der Waals surface area contributed by atoms with Gasteiger partial charge in [0, 0.05) is 12.3 Å². The van der Waals surface area contributed by atoms with Crippen LogP contribution >= 0.6 is 0 Å². The smallest absolute Gasteiger partial charge is 0.155 e. The van der Waals surface area contributed by atoms with Gasteiger partial charge in [-0.1, -0.05) is 19.4 Å². The van der Waals surface area contributed by atoms with Crippen molar-refractivity contribution in [2.45, 2.75) is 72.1 Å². The Labute approximate surface area is 140 Å². The minimum Gasteiger partial charge on any atom is -0.300 e. The van der Waals surface area contributed by atoms with Crippen molar-refractivity contribution in [2.24, 2.45) is 34.5 Å². The molecule has 0 N–H and O–H groups in total. The lowest BCUT2D eigenvalue weighted by Gasteiger charge is -2.58. The van der Waals surface area contributed by atoms with Crippen molar-refractivity contribution in [3.63, 3.8) is 0 Å². The molecule has 3 saturated carbocycles. The summed E-state index contributed by atoms with van der Waals surface area (Å²) < 4.78 is 0. The molecule has 0 radical (unpaired) electrons. The minimum atomic E-state index is 0.245. The summed E-state index contributed by atoms with van der Waals surface area (Å²) in [5.74, 6) is 3.29. The fraction of sp³-hybridized carbons (Fsp3) is 0.810. The number of Topliss-reactive ketones (excluding diaryl/α,β-unsaturated/α-hetero) is 1. The van der Waals surface area contributed by atoms with Crippen molar-refractivity contribution < 1.29 is 9.59 Å². The number of carbonyl (C=O) groups is 2.